The Morgan fingerprint density at radius 3 is 2.85 bits per heavy atom. The number of ether oxygens (including phenoxy) is 1. The van der Waals surface area contributed by atoms with E-state index >= 15 is 0 Å². The van der Waals surface area contributed by atoms with Crippen LogP contribution in [0.3, 0.4) is 0 Å². The molecule has 4 rings (SSSR count). The molecule has 3 nitrogen and oxygen atoms in total. The third-order valence-corrected chi connectivity index (χ3v) is 4.41. The molecule has 13 heavy (non-hydrogen) atoms. The molecule has 1 aliphatic heterocycles. The Morgan fingerprint density at radius 1 is 1.38 bits per heavy atom. The van der Waals surface area contributed by atoms with E-state index < -0.39 is 0 Å². The largest absolute Gasteiger partial charge is 0.393 e. The van der Waals surface area contributed by atoms with Crippen LogP contribution in [0.15, 0.2) is 12.2 Å². The molecule has 0 radical (unpaired) electrons. The Bertz CT molecular complexity index is 384. The van der Waals surface area contributed by atoms with E-state index in [-0.39, 0.29) is 29.2 Å². The molecule has 3 heteroatoms. The molecule has 3 aliphatic carbocycles. The zero-order chi connectivity index (χ0) is 8.79. The van der Waals surface area contributed by atoms with Gasteiger partial charge in [-0.2, -0.15) is 0 Å². The van der Waals surface area contributed by atoms with Crippen molar-refractivity contribution >= 4 is 11.9 Å². The molecule has 3 fully saturated rings. The second kappa shape index (κ2) is 1.47. The van der Waals surface area contributed by atoms with Gasteiger partial charge in [-0.1, -0.05) is 12.2 Å². The van der Waals surface area contributed by atoms with E-state index in [4.69, 9.17) is 0 Å². The average Bonchev–Trinajstić information content (AvgIpc) is 2.58. The molecule has 5 unspecified atom stereocenters. The third-order valence-electron chi connectivity index (χ3n) is 4.41. The van der Waals surface area contributed by atoms with Gasteiger partial charge in [-0.25, -0.2) is 0 Å². The number of carbonyl (C=O) groups is 2. The van der Waals surface area contributed by atoms with Gasteiger partial charge in [-0.15, -0.1) is 0 Å². The quantitative estimate of drug-likeness (QED) is 0.307. The number of esters is 2. The van der Waals surface area contributed by atoms with Crippen molar-refractivity contribution in [2.45, 2.75) is 6.42 Å². The molecule has 66 valence electrons. The van der Waals surface area contributed by atoms with Gasteiger partial charge in [0.2, 0.25) is 0 Å². The first kappa shape index (κ1) is 6.35. The van der Waals surface area contributed by atoms with Crippen LogP contribution in [0.5, 0.6) is 0 Å². The highest BCUT2D eigenvalue weighted by atomic mass is 16.6. The van der Waals surface area contributed by atoms with Gasteiger partial charge in [0.25, 0.3) is 0 Å². The van der Waals surface area contributed by atoms with Crippen LogP contribution in [0, 0.1) is 29.1 Å². The summed E-state index contributed by atoms with van der Waals surface area (Å²) < 4.78 is 4.66. The number of fused-ring (bicyclic) bond motifs is 2. The average molecular weight is 176 g/mol. The zero-order valence-electron chi connectivity index (χ0n) is 6.90. The highest BCUT2D eigenvalue weighted by Crippen LogP contribution is 2.75. The van der Waals surface area contributed by atoms with Crippen LogP contribution >= 0.6 is 0 Å². The lowest BCUT2D eigenvalue weighted by Gasteiger charge is -2.52. The minimum absolute atomic E-state index is 0.0541. The smallest absolute Gasteiger partial charge is 0.318 e. The standard InChI is InChI=1S/C10H8O3/c11-8-6-4-3-10(2-1-5(4)10)7(6)9(12)13-8/h1-2,4-7H,3H2. The Hall–Kier alpha value is -1.12. The first-order chi connectivity index (χ1) is 6.24. The number of allylic oxidation sites excluding steroid dienone is 2. The number of hydrogen-bond donors (Lipinski definition) is 0. The third kappa shape index (κ3) is 0.408. The van der Waals surface area contributed by atoms with Crippen LogP contribution < -0.4 is 0 Å². The number of carbonyl (C=O) groups excluding carboxylic acids is 2. The molecule has 0 aromatic carbocycles. The topological polar surface area (TPSA) is 43.4 Å². The summed E-state index contributed by atoms with van der Waals surface area (Å²) in [6.07, 6.45) is 5.29. The van der Waals surface area contributed by atoms with Gasteiger partial charge in [-0.3, -0.25) is 9.59 Å². The van der Waals surface area contributed by atoms with Crippen LogP contribution in [0.1, 0.15) is 6.42 Å². The van der Waals surface area contributed by atoms with Gasteiger partial charge in [0.1, 0.15) is 0 Å². The fourth-order valence-corrected chi connectivity index (χ4v) is 3.85. The number of hydrogen-bond acceptors (Lipinski definition) is 3. The number of cyclic esters (lactones) is 2. The first-order valence-corrected chi connectivity index (χ1v) is 4.69. The summed E-state index contributed by atoms with van der Waals surface area (Å²) in [5.74, 6) is 0.151. The van der Waals surface area contributed by atoms with E-state index in [1.807, 2.05) is 0 Å². The SMILES string of the molecule is O=C1OC(=O)C2C1C1CC23C=CC13. The first-order valence-electron chi connectivity index (χ1n) is 4.69. The summed E-state index contributed by atoms with van der Waals surface area (Å²) in [5, 5.41) is 0. The summed E-state index contributed by atoms with van der Waals surface area (Å²) in [6.45, 7) is 0. The van der Waals surface area contributed by atoms with Gasteiger partial charge in [0.05, 0.1) is 11.8 Å². The Morgan fingerprint density at radius 2 is 2.23 bits per heavy atom. The predicted octanol–water partition coefficient (Wildman–Crippen LogP) is 0.508. The van der Waals surface area contributed by atoms with Crippen LogP contribution in [-0.2, 0) is 14.3 Å². The highest BCUT2D eigenvalue weighted by Gasteiger charge is 2.77. The van der Waals surface area contributed by atoms with Crippen molar-refractivity contribution in [3.63, 3.8) is 0 Å². The predicted molar refractivity (Wildman–Crippen MR) is 41.2 cm³/mol. The summed E-state index contributed by atoms with van der Waals surface area (Å²) in [4.78, 5) is 22.8. The van der Waals surface area contributed by atoms with E-state index in [1.165, 1.54) is 0 Å². The molecule has 4 aliphatic rings. The van der Waals surface area contributed by atoms with Gasteiger partial charge in [0.15, 0.2) is 0 Å². The van der Waals surface area contributed by atoms with E-state index in [0.29, 0.717) is 11.8 Å². The molecule has 1 saturated heterocycles. The molecular weight excluding hydrogens is 168 g/mol. The molecule has 1 heterocycles. The van der Waals surface area contributed by atoms with Crippen LogP contribution in [0.2, 0.25) is 0 Å². The lowest BCUT2D eigenvalue weighted by atomic mass is 9.51. The molecule has 0 amide bonds. The molecule has 5 atom stereocenters. The second-order valence-corrected chi connectivity index (χ2v) is 4.61. The molecule has 0 aromatic rings. The second-order valence-electron chi connectivity index (χ2n) is 4.61. The lowest BCUT2D eigenvalue weighted by Crippen LogP contribution is -2.48. The maximum Gasteiger partial charge on any atom is 0.318 e. The maximum atomic E-state index is 11.4. The lowest BCUT2D eigenvalue weighted by molar-refractivity contribution is -0.159. The van der Waals surface area contributed by atoms with Crippen molar-refractivity contribution in [1.82, 2.24) is 0 Å². The minimum atomic E-state index is -0.274. The molecule has 2 saturated carbocycles. The van der Waals surface area contributed by atoms with E-state index in [2.05, 4.69) is 16.9 Å². The summed E-state index contributed by atoms with van der Waals surface area (Å²) >= 11 is 0. The monoisotopic (exact) mass is 176 g/mol. The van der Waals surface area contributed by atoms with E-state index in [1.54, 1.807) is 0 Å². The van der Waals surface area contributed by atoms with Crippen LogP contribution in [-0.4, -0.2) is 11.9 Å². The summed E-state index contributed by atoms with van der Waals surface area (Å²) in [6, 6.07) is 0. The molecule has 0 spiro atoms. The Labute approximate surface area is 74.7 Å². The van der Waals surface area contributed by atoms with E-state index in [9.17, 15) is 9.59 Å². The van der Waals surface area contributed by atoms with Gasteiger partial charge in [-0.05, 0) is 18.3 Å². The fourth-order valence-electron chi connectivity index (χ4n) is 3.85. The molecular formula is C10H8O3. The molecule has 0 aromatic heterocycles. The Balaban J connectivity index is 1.92. The van der Waals surface area contributed by atoms with E-state index in [0.717, 1.165) is 6.42 Å². The van der Waals surface area contributed by atoms with Crippen molar-refractivity contribution < 1.29 is 14.3 Å². The summed E-state index contributed by atoms with van der Waals surface area (Å²) in [7, 11) is 0. The van der Waals surface area contributed by atoms with Crippen LogP contribution in [0.4, 0.5) is 0 Å². The molecule has 2 bridgehead atoms. The Kier molecular flexibility index (Phi) is 0.718. The maximum absolute atomic E-state index is 11.4. The van der Waals surface area contributed by atoms with Gasteiger partial charge in [0, 0.05) is 5.41 Å². The molecule has 0 N–H and O–H groups in total. The number of rotatable bonds is 0. The van der Waals surface area contributed by atoms with Crippen molar-refractivity contribution in [2.24, 2.45) is 29.1 Å². The van der Waals surface area contributed by atoms with Gasteiger partial charge < -0.3 is 4.74 Å². The highest BCUT2D eigenvalue weighted by molar-refractivity contribution is 5.99. The normalized spacial score (nSPS) is 59.4. The zero-order valence-corrected chi connectivity index (χ0v) is 6.90. The van der Waals surface area contributed by atoms with Crippen molar-refractivity contribution in [1.29, 1.82) is 0 Å². The van der Waals surface area contributed by atoms with Crippen molar-refractivity contribution in [2.75, 3.05) is 0 Å². The van der Waals surface area contributed by atoms with Crippen molar-refractivity contribution in [3.8, 4) is 0 Å². The van der Waals surface area contributed by atoms with Crippen LogP contribution in [0.25, 0.3) is 0 Å². The van der Waals surface area contributed by atoms with Crippen molar-refractivity contribution in [3.05, 3.63) is 12.2 Å². The fraction of sp³-hybridized carbons (Fsp3) is 0.600. The minimum Gasteiger partial charge on any atom is -0.393 e. The summed E-state index contributed by atoms with van der Waals surface area (Å²) in [5.41, 5.74) is 0.0541. The van der Waals surface area contributed by atoms with Gasteiger partial charge >= 0.3 is 11.9 Å².